The van der Waals surface area contributed by atoms with Crippen LogP contribution in [0.3, 0.4) is 0 Å². The Kier molecular flexibility index (Phi) is 5.34. The molecule has 0 amide bonds. The molecule has 0 spiro atoms. The maximum Gasteiger partial charge on any atom is 0.159 e. The molecule has 86 valence electrons. The molecule has 0 unspecified atom stereocenters. The number of hydrogen-bond donors (Lipinski definition) is 1. The van der Waals surface area contributed by atoms with E-state index in [1.165, 1.54) is 0 Å². The van der Waals surface area contributed by atoms with Gasteiger partial charge in [0.15, 0.2) is 6.29 Å². The molecule has 0 aliphatic heterocycles. The largest absolute Gasteiger partial charge is 0.368 e. The van der Waals surface area contributed by atoms with Gasteiger partial charge in [-0.05, 0) is 12.5 Å². The summed E-state index contributed by atoms with van der Waals surface area (Å²) >= 11 is 0. The zero-order valence-corrected chi connectivity index (χ0v) is 11.6. The normalized spacial score (nSPS) is 15.6. The Morgan fingerprint density at radius 3 is 2.14 bits per heavy atom. The molecular weight excluding hydrogens is 192 g/mol. The van der Waals surface area contributed by atoms with Gasteiger partial charge in [-0.2, -0.15) is 0 Å². The standard InChI is InChI=1S/C11H26O2Si/c1-7-11(2,3)10(12)13-8-9-14(4,5)6/h10,12H,7-9H2,1-6H3/t10-/m1/s1. The van der Waals surface area contributed by atoms with Crippen LogP contribution in [0.1, 0.15) is 27.2 Å². The number of rotatable bonds is 6. The van der Waals surface area contributed by atoms with Gasteiger partial charge in [-0.15, -0.1) is 0 Å². The van der Waals surface area contributed by atoms with Crippen molar-refractivity contribution in [2.24, 2.45) is 5.41 Å². The summed E-state index contributed by atoms with van der Waals surface area (Å²) in [5.74, 6) is 0. The number of aliphatic hydroxyl groups is 1. The lowest BCUT2D eigenvalue weighted by Gasteiger charge is -2.29. The van der Waals surface area contributed by atoms with Crippen molar-refractivity contribution >= 4 is 8.07 Å². The summed E-state index contributed by atoms with van der Waals surface area (Å²) in [5, 5.41) is 9.77. The molecule has 0 radical (unpaired) electrons. The molecule has 0 aromatic carbocycles. The van der Waals surface area contributed by atoms with Crippen LogP contribution in [-0.2, 0) is 4.74 Å². The van der Waals surface area contributed by atoms with Gasteiger partial charge in [-0.1, -0.05) is 40.4 Å². The molecule has 0 fully saturated rings. The average molecular weight is 218 g/mol. The van der Waals surface area contributed by atoms with E-state index in [1.54, 1.807) is 0 Å². The molecular formula is C11H26O2Si. The van der Waals surface area contributed by atoms with E-state index in [4.69, 9.17) is 4.74 Å². The summed E-state index contributed by atoms with van der Waals surface area (Å²) in [4.78, 5) is 0. The first-order valence-corrected chi connectivity index (χ1v) is 9.19. The van der Waals surface area contributed by atoms with Crippen molar-refractivity contribution in [1.82, 2.24) is 0 Å². The van der Waals surface area contributed by atoms with Gasteiger partial charge in [0.25, 0.3) is 0 Å². The van der Waals surface area contributed by atoms with Crippen LogP contribution < -0.4 is 0 Å². The Balaban J connectivity index is 3.80. The molecule has 3 heteroatoms. The Labute approximate surface area is 89.7 Å². The van der Waals surface area contributed by atoms with Crippen molar-refractivity contribution in [3.63, 3.8) is 0 Å². The lowest BCUT2D eigenvalue weighted by atomic mass is 9.90. The second-order valence-corrected chi connectivity index (χ2v) is 11.5. The predicted molar refractivity (Wildman–Crippen MR) is 64.2 cm³/mol. The molecule has 0 aliphatic rings. The minimum absolute atomic E-state index is 0.126. The number of aliphatic hydroxyl groups excluding tert-OH is 1. The Bertz CT molecular complexity index is 161. The van der Waals surface area contributed by atoms with Gasteiger partial charge in [-0.25, -0.2) is 0 Å². The van der Waals surface area contributed by atoms with Crippen molar-refractivity contribution in [3.8, 4) is 0 Å². The summed E-state index contributed by atoms with van der Waals surface area (Å²) in [7, 11) is -1.03. The lowest BCUT2D eigenvalue weighted by molar-refractivity contribution is -0.162. The predicted octanol–water partition coefficient (Wildman–Crippen LogP) is 3.10. The summed E-state index contributed by atoms with van der Waals surface area (Å²) in [6, 6.07) is 1.11. The van der Waals surface area contributed by atoms with Gasteiger partial charge in [-0.3, -0.25) is 0 Å². The smallest absolute Gasteiger partial charge is 0.159 e. The van der Waals surface area contributed by atoms with Gasteiger partial charge in [0.1, 0.15) is 0 Å². The highest BCUT2D eigenvalue weighted by molar-refractivity contribution is 6.76. The Morgan fingerprint density at radius 1 is 1.29 bits per heavy atom. The second kappa shape index (κ2) is 5.28. The molecule has 0 saturated heterocycles. The highest BCUT2D eigenvalue weighted by atomic mass is 28.3. The Hall–Kier alpha value is 0.137. The van der Waals surface area contributed by atoms with E-state index < -0.39 is 14.4 Å². The summed E-state index contributed by atoms with van der Waals surface area (Å²) in [5.41, 5.74) is -0.126. The summed E-state index contributed by atoms with van der Waals surface area (Å²) in [6.07, 6.45) is 0.310. The minimum Gasteiger partial charge on any atom is -0.368 e. The van der Waals surface area contributed by atoms with Gasteiger partial charge < -0.3 is 9.84 Å². The molecule has 0 bridgehead atoms. The van der Waals surface area contributed by atoms with Crippen LogP contribution in [0, 0.1) is 5.41 Å². The van der Waals surface area contributed by atoms with E-state index in [9.17, 15) is 5.11 Å². The van der Waals surface area contributed by atoms with Crippen molar-refractivity contribution in [2.75, 3.05) is 6.61 Å². The van der Waals surface area contributed by atoms with Crippen LogP contribution in [0.2, 0.25) is 25.7 Å². The average Bonchev–Trinajstić information content (AvgIpc) is 2.02. The Morgan fingerprint density at radius 2 is 1.79 bits per heavy atom. The fourth-order valence-corrected chi connectivity index (χ4v) is 1.61. The SMILES string of the molecule is CCC(C)(C)[C@H](O)OCC[Si](C)(C)C. The zero-order valence-electron chi connectivity index (χ0n) is 10.6. The fourth-order valence-electron chi connectivity index (χ4n) is 0.877. The quantitative estimate of drug-likeness (QED) is 0.548. The molecule has 0 aromatic rings. The van der Waals surface area contributed by atoms with Crippen LogP contribution >= 0.6 is 0 Å². The maximum atomic E-state index is 9.77. The fraction of sp³-hybridized carbons (Fsp3) is 1.00. The highest BCUT2D eigenvalue weighted by Crippen LogP contribution is 2.25. The first-order chi connectivity index (χ1) is 6.19. The molecule has 2 nitrogen and oxygen atoms in total. The molecule has 0 heterocycles. The summed E-state index contributed by atoms with van der Waals surface area (Å²) < 4.78 is 5.46. The minimum atomic E-state index is -1.03. The van der Waals surface area contributed by atoms with E-state index in [0.29, 0.717) is 6.61 Å². The van der Waals surface area contributed by atoms with E-state index in [2.05, 4.69) is 26.6 Å². The molecule has 14 heavy (non-hydrogen) atoms. The van der Waals surface area contributed by atoms with Crippen molar-refractivity contribution in [3.05, 3.63) is 0 Å². The highest BCUT2D eigenvalue weighted by Gasteiger charge is 2.26. The molecule has 0 aromatic heterocycles. The van der Waals surface area contributed by atoms with Crippen molar-refractivity contribution < 1.29 is 9.84 Å². The van der Waals surface area contributed by atoms with E-state index >= 15 is 0 Å². The third-order valence-electron chi connectivity index (χ3n) is 2.71. The van der Waals surface area contributed by atoms with Crippen LogP contribution in [0.25, 0.3) is 0 Å². The van der Waals surface area contributed by atoms with Crippen LogP contribution in [-0.4, -0.2) is 26.1 Å². The maximum absolute atomic E-state index is 9.77. The van der Waals surface area contributed by atoms with Crippen LogP contribution in [0.4, 0.5) is 0 Å². The van der Waals surface area contributed by atoms with E-state index in [-0.39, 0.29) is 5.41 Å². The third kappa shape index (κ3) is 5.78. The topological polar surface area (TPSA) is 29.5 Å². The molecule has 0 rings (SSSR count). The lowest BCUT2D eigenvalue weighted by Crippen LogP contribution is -2.33. The monoisotopic (exact) mass is 218 g/mol. The van der Waals surface area contributed by atoms with Crippen LogP contribution in [0.5, 0.6) is 0 Å². The van der Waals surface area contributed by atoms with Crippen LogP contribution in [0.15, 0.2) is 0 Å². The number of hydrogen-bond acceptors (Lipinski definition) is 2. The van der Waals surface area contributed by atoms with Gasteiger partial charge in [0.05, 0.1) is 0 Å². The van der Waals surface area contributed by atoms with Crippen molar-refractivity contribution in [1.29, 1.82) is 0 Å². The van der Waals surface area contributed by atoms with E-state index in [0.717, 1.165) is 12.5 Å². The molecule has 0 aliphatic carbocycles. The molecule has 0 saturated carbocycles. The van der Waals surface area contributed by atoms with E-state index in [1.807, 2.05) is 13.8 Å². The zero-order chi connectivity index (χ0) is 11.4. The molecule has 1 atom stereocenters. The first-order valence-electron chi connectivity index (χ1n) is 5.49. The first kappa shape index (κ1) is 14.1. The molecule has 1 N–H and O–H groups in total. The second-order valence-electron chi connectivity index (χ2n) is 5.88. The summed E-state index contributed by atoms with van der Waals surface area (Å²) in [6.45, 7) is 13.8. The van der Waals surface area contributed by atoms with Gasteiger partial charge in [0, 0.05) is 20.1 Å². The third-order valence-corrected chi connectivity index (χ3v) is 4.41. The van der Waals surface area contributed by atoms with Gasteiger partial charge in [0.2, 0.25) is 0 Å². The van der Waals surface area contributed by atoms with Gasteiger partial charge >= 0.3 is 0 Å². The number of ether oxygens (including phenoxy) is 1. The van der Waals surface area contributed by atoms with Crippen molar-refractivity contribution in [2.45, 2.75) is 59.2 Å².